The maximum atomic E-state index is 12.6. The molecule has 1 amide bonds. The number of nitrogens with zero attached hydrogens (tertiary/aromatic N) is 3. The fourth-order valence-corrected chi connectivity index (χ4v) is 5.00. The molecule has 1 aromatic heterocycles. The first-order valence-electron chi connectivity index (χ1n) is 10.9. The van der Waals surface area contributed by atoms with Crippen molar-refractivity contribution in [3.05, 3.63) is 17.5 Å². The number of hydrogen-bond donors (Lipinski definition) is 1. The molecule has 2 aliphatic heterocycles. The first-order chi connectivity index (χ1) is 13.2. The predicted molar refractivity (Wildman–Crippen MR) is 103 cm³/mol. The molecule has 4 rings (SSSR count). The molecule has 0 bridgehead atoms. The lowest BCUT2D eigenvalue weighted by molar-refractivity contribution is 0.0512. The van der Waals surface area contributed by atoms with Gasteiger partial charge in [-0.3, -0.25) is 4.79 Å². The van der Waals surface area contributed by atoms with Crippen LogP contribution in [0.1, 0.15) is 80.0 Å². The molecule has 6 nitrogen and oxygen atoms in total. The summed E-state index contributed by atoms with van der Waals surface area (Å²) in [6, 6.07) is 1.86. The highest BCUT2D eigenvalue weighted by Crippen LogP contribution is 2.30. The smallest absolute Gasteiger partial charge is 0.292 e. The Morgan fingerprint density at radius 3 is 2.63 bits per heavy atom. The number of aliphatic hydroxyl groups excluding tert-OH is 1. The highest BCUT2D eigenvalue weighted by Gasteiger charge is 2.29. The molecule has 0 radical (unpaired) electrons. The number of piperidine rings is 2. The summed E-state index contributed by atoms with van der Waals surface area (Å²) >= 11 is 0. The van der Waals surface area contributed by atoms with E-state index in [0.717, 1.165) is 24.6 Å². The minimum absolute atomic E-state index is 0.0875. The number of aromatic nitrogens is 1. The van der Waals surface area contributed by atoms with Gasteiger partial charge in [-0.25, -0.2) is 0 Å². The molecule has 0 aromatic carbocycles. The second kappa shape index (κ2) is 8.74. The van der Waals surface area contributed by atoms with Gasteiger partial charge in [0.1, 0.15) is 0 Å². The van der Waals surface area contributed by atoms with Gasteiger partial charge < -0.3 is 19.4 Å². The zero-order valence-corrected chi connectivity index (χ0v) is 16.3. The molecule has 1 aliphatic carbocycles. The Hall–Kier alpha value is -1.40. The monoisotopic (exact) mass is 375 g/mol. The average molecular weight is 376 g/mol. The Bertz CT molecular complexity index is 618. The van der Waals surface area contributed by atoms with Gasteiger partial charge in [-0.15, -0.1) is 0 Å². The molecule has 1 saturated carbocycles. The van der Waals surface area contributed by atoms with Crippen molar-refractivity contribution >= 4 is 5.91 Å². The van der Waals surface area contributed by atoms with Crippen molar-refractivity contribution in [2.24, 2.45) is 5.92 Å². The van der Waals surface area contributed by atoms with E-state index >= 15 is 0 Å². The Morgan fingerprint density at radius 1 is 1.07 bits per heavy atom. The minimum atomic E-state index is -0.281. The quantitative estimate of drug-likeness (QED) is 0.876. The van der Waals surface area contributed by atoms with Gasteiger partial charge in [-0.1, -0.05) is 24.4 Å². The third kappa shape index (κ3) is 4.72. The van der Waals surface area contributed by atoms with E-state index in [1.165, 1.54) is 51.6 Å². The van der Waals surface area contributed by atoms with Crippen LogP contribution in [0.3, 0.4) is 0 Å². The Balaban J connectivity index is 1.33. The zero-order chi connectivity index (χ0) is 18.6. The average Bonchev–Trinajstić information content (AvgIpc) is 3.19. The highest BCUT2D eigenvalue weighted by molar-refractivity contribution is 5.91. The maximum Gasteiger partial charge on any atom is 0.292 e. The van der Waals surface area contributed by atoms with Crippen molar-refractivity contribution in [2.45, 2.75) is 69.8 Å². The largest absolute Gasteiger partial charge is 0.393 e. The molecule has 2 saturated heterocycles. The summed E-state index contributed by atoms with van der Waals surface area (Å²) in [6.45, 7) is 4.62. The van der Waals surface area contributed by atoms with Crippen molar-refractivity contribution in [1.82, 2.24) is 15.0 Å². The third-order valence-corrected chi connectivity index (χ3v) is 6.66. The molecule has 1 aromatic rings. The lowest BCUT2D eigenvalue weighted by atomic mass is 9.87. The molecule has 150 valence electrons. The number of carbonyl (C=O) groups is 1. The van der Waals surface area contributed by atoms with Gasteiger partial charge in [0, 0.05) is 38.2 Å². The Morgan fingerprint density at radius 2 is 1.85 bits per heavy atom. The normalized spacial score (nSPS) is 26.4. The van der Waals surface area contributed by atoms with Crippen LogP contribution < -0.4 is 0 Å². The van der Waals surface area contributed by atoms with Crippen LogP contribution in [0.5, 0.6) is 0 Å². The number of aliphatic hydroxyl groups is 1. The molecular weight excluding hydrogens is 342 g/mol. The second-order valence-corrected chi connectivity index (χ2v) is 8.74. The molecule has 1 atom stereocenters. The van der Waals surface area contributed by atoms with Gasteiger partial charge >= 0.3 is 0 Å². The van der Waals surface area contributed by atoms with Crippen LogP contribution in [-0.4, -0.2) is 64.8 Å². The summed E-state index contributed by atoms with van der Waals surface area (Å²) in [6.07, 6.45) is 10.3. The van der Waals surface area contributed by atoms with Crippen molar-refractivity contribution < 1.29 is 14.4 Å². The van der Waals surface area contributed by atoms with Gasteiger partial charge in [0.15, 0.2) is 0 Å². The van der Waals surface area contributed by atoms with Gasteiger partial charge in [0.05, 0.1) is 11.8 Å². The van der Waals surface area contributed by atoms with Crippen molar-refractivity contribution in [1.29, 1.82) is 0 Å². The SMILES string of the molecule is O=C(c1cc([C@@H]2CCCN(CC3CCCCC3)C2)no1)N1CCC(O)CC1. The molecule has 3 heterocycles. The van der Waals surface area contributed by atoms with E-state index < -0.39 is 0 Å². The van der Waals surface area contributed by atoms with E-state index in [9.17, 15) is 9.90 Å². The Kier molecular flexibility index (Phi) is 6.13. The molecule has 1 N–H and O–H groups in total. The molecule has 3 aliphatic rings. The van der Waals surface area contributed by atoms with Crippen molar-refractivity contribution in [2.75, 3.05) is 32.7 Å². The molecule has 3 fully saturated rings. The number of amides is 1. The standard InChI is InChI=1S/C21H33N3O3/c25-18-8-11-24(12-9-18)21(26)20-13-19(22-27-20)17-7-4-10-23(15-17)14-16-5-2-1-3-6-16/h13,16-18,25H,1-12,14-15H2/t17-/m1/s1. The summed E-state index contributed by atoms with van der Waals surface area (Å²) < 4.78 is 5.42. The third-order valence-electron chi connectivity index (χ3n) is 6.66. The van der Waals surface area contributed by atoms with Crippen LogP contribution in [0.25, 0.3) is 0 Å². The number of carbonyl (C=O) groups excluding carboxylic acids is 1. The molecule has 27 heavy (non-hydrogen) atoms. The summed E-state index contributed by atoms with van der Waals surface area (Å²) in [7, 11) is 0. The first-order valence-corrected chi connectivity index (χ1v) is 10.9. The van der Waals surface area contributed by atoms with E-state index in [4.69, 9.17) is 4.52 Å². The molecule has 0 spiro atoms. The van der Waals surface area contributed by atoms with Crippen LogP contribution in [0, 0.1) is 5.92 Å². The van der Waals surface area contributed by atoms with Crippen LogP contribution >= 0.6 is 0 Å². The van der Waals surface area contributed by atoms with E-state index in [2.05, 4.69) is 10.1 Å². The zero-order valence-electron chi connectivity index (χ0n) is 16.3. The number of hydrogen-bond acceptors (Lipinski definition) is 5. The van der Waals surface area contributed by atoms with Crippen LogP contribution in [0.4, 0.5) is 0 Å². The van der Waals surface area contributed by atoms with Crippen molar-refractivity contribution in [3.63, 3.8) is 0 Å². The van der Waals surface area contributed by atoms with E-state index in [-0.39, 0.29) is 12.0 Å². The summed E-state index contributed by atoms with van der Waals surface area (Å²) in [4.78, 5) is 17.0. The Labute approximate surface area is 161 Å². The van der Waals surface area contributed by atoms with E-state index in [0.29, 0.717) is 37.6 Å². The topological polar surface area (TPSA) is 69.8 Å². The van der Waals surface area contributed by atoms with E-state index in [1.807, 2.05) is 6.07 Å². The first kappa shape index (κ1) is 18.9. The summed E-state index contributed by atoms with van der Waals surface area (Å²) in [5.41, 5.74) is 0.934. The predicted octanol–water partition coefficient (Wildman–Crippen LogP) is 3.03. The number of likely N-dealkylation sites (tertiary alicyclic amines) is 2. The van der Waals surface area contributed by atoms with Crippen LogP contribution in [-0.2, 0) is 0 Å². The van der Waals surface area contributed by atoms with Gasteiger partial charge in [0.2, 0.25) is 5.76 Å². The van der Waals surface area contributed by atoms with Gasteiger partial charge in [-0.05, 0) is 51.0 Å². The maximum absolute atomic E-state index is 12.6. The van der Waals surface area contributed by atoms with Crippen molar-refractivity contribution in [3.8, 4) is 0 Å². The molecule has 0 unspecified atom stereocenters. The number of rotatable bonds is 4. The lowest BCUT2D eigenvalue weighted by Gasteiger charge is -2.35. The van der Waals surface area contributed by atoms with Gasteiger partial charge in [0.25, 0.3) is 5.91 Å². The van der Waals surface area contributed by atoms with Gasteiger partial charge in [-0.2, -0.15) is 0 Å². The fourth-order valence-electron chi connectivity index (χ4n) is 5.00. The lowest BCUT2D eigenvalue weighted by Crippen LogP contribution is -2.40. The summed E-state index contributed by atoms with van der Waals surface area (Å²) in [5, 5.41) is 13.9. The minimum Gasteiger partial charge on any atom is -0.393 e. The van der Waals surface area contributed by atoms with Crippen LogP contribution in [0.2, 0.25) is 0 Å². The molecular formula is C21H33N3O3. The van der Waals surface area contributed by atoms with Crippen LogP contribution in [0.15, 0.2) is 10.6 Å². The van der Waals surface area contributed by atoms with E-state index in [1.54, 1.807) is 4.90 Å². The summed E-state index contributed by atoms with van der Waals surface area (Å²) in [5.74, 6) is 1.50. The highest BCUT2D eigenvalue weighted by atomic mass is 16.5. The second-order valence-electron chi connectivity index (χ2n) is 8.74. The molecule has 6 heteroatoms. The fraction of sp³-hybridized carbons (Fsp3) is 0.810.